The Kier molecular flexibility index (Phi) is 4.18. The summed E-state index contributed by atoms with van der Waals surface area (Å²) in [6, 6.07) is 5.20. The number of rotatable bonds is 1. The molecule has 0 radical (unpaired) electrons. The topological polar surface area (TPSA) is 20.3 Å². The highest BCUT2D eigenvalue weighted by atomic mass is 35.5. The quantitative estimate of drug-likeness (QED) is 0.760. The molecule has 0 aliphatic carbocycles. The Hall–Kier alpha value is -0.730. The van der Waals surface area contributed by atoms with Gasteiger partial charge in [0.05, 0.1) is 15.6 Å². The zero-order chi connectivity index (χ0) is 13.3. The van der Waals surface area contributed by atoms with Crippen molar-refractivity contribution in [2.24, 2.45) is 11.8 Å². The largest absolute Gasteiger partial charge is 0.338 e. The SMILES string of the molecule is C[C@@H]1C[C@H](C)CN(C(=O)c2cccc(Cl)c2Cl)C1. The predicted molar refractivity (Wildman–Crippen MR) is 75.3 cm³/mol. The summed E-state index contributed by atoms with van der Waals surface area (Å²) in [6.07, 6.45) is 1.17. The second kappa shape index (κ2) is 5.50. The van der Waals surface area contributed by atoms with Crippen molar-refractivity contribution in [1.82, 2.24) is 4.90 Å². The number of amides is 1. The highest BCUT2D eigenvalue weighted by Gasteiger charge is 2.27. The van der Waals surface area contributed by atoms with Gasteiger partial charge in [-0.25, -0.2) is 0 Å². The van der Waals surface area contributed by atoms with Crippen molar-refractivity contribution in [2.75, 3.05) is 13.1 Å². The van der Waals surface area contributed by atoms with E-state index in [0.29, 0.717) is 27.4 Å². The Morgan fingerprint density at radius 1 is 1.22 bits per heavy atom. The van der Waals surface area contributed by atoms with Gasteiger partial charge in [0, 0.05) is 13.1 Å². The van der Waals surface area contributed by atoms with E-state index in [1.807, 2.05) is 4.90 Å². The van der Waals surface area contributed by atoms with Crippen LogP contribution in [0.1, 0.15) is 30.6 Å². The van der Waals surface area contributed by atoms with Crippen LogP contribution in [0, 0.1) is 11.8 Å². The van der Waals surface area contributed by atoms with Gasteiger partial charge >= 0.3 is 0 Å². The number of hydrogen-bond donors (Lipinski definition) is 0. The van der Waals surface area contributed by atoms with Crippen LogP contribution in [0.4, 0.5) is 0 Å². The van der Waals surface area contributed by atoms with Gasteiger partial charge in [0.2, 0.25) is 0 Å². The average Bonchev–Trinajstić information content (AvgIpc) is 2.30. The summed E-state index contributed by atoms with van der Waals surface area (Å²) in [4.78, 5) is 14.3. The monoisotopic (exact) mass is 285 g/mol. The predicted octanol–water partition coefficient (Wildman–Crippen LogP) is 4.11. The number of hydrogen-bond acceptors (Lipinski definition) is 1. The maximum absolute atomic E-state index is 12.4. The molecule has 0 aromatic heterocycles. The summed E-state index contributed by atoms with van der Waals surface area (Å²) < 4.78 is 0. The first-order valence-electron chi connectivity index (χ1n) is 6.22. The van der Waals surface area contributed by atoms with E-state index in [4.69, 9.17) is 23.2 Å². The number of halogens is 2. The standard InChI is InChI=1S/C14H17Cl2NO/c1-9-6-10(2)8-17(7-9)14(18)11-4-3-5-12(15)13(11)16/h3-5,9-10H,6-8H2,1-2H3/t9-,10+. The molecule has 1 saturated heterocycles. The Labute approximate surface area is 118 Å². The third-order valence-corrected chi connectivity index (χ3v) is 4.16. The summed E-state index contributed by atoms with van der Waals surface area (Å²) in [6.45, 7) is 5.95. The number of carbonyl (C=O) groups excluding carboxylic acids is 1. The molecule has 1 heterocycles. The van der Waals surface area contributed by atoms with E-state index < -0.39 is 0 Å². The van der Waals surface area contributed by atoms with Crippen molar-refractivity contribution >= 4 is 29.1 Å². The Morgan fingerprint density at radius 3 is 2.44 bits per heavy atom. The molecule has 2 atom stereocenters. The minimum absolute atomic E-state index is 0.0131. The van der Waals surface area contributed by atoms with Gasteiger partial charge in [-0.15, -0.1) is 0 Å². The molecular formula is C14H17Cl2NO. The van der Waals surface area contributed by atoms with Crippen molar-refractivity contribution < 1.29 is 4.79 Å². The van der Waals surface area contributed by atoms with Gasteiger partial charge in [-0.05, 0) is 30.4 Å². The summed E-state index contributed by atoms with van der Waals surface area (Å²) in [5.41, 5.74) is 0.505. The fourth-order valence-corrected chi connectivity index (χ4v) is 3.05. The molecule has 1 amide bonds. The molecule has 0 spiro atoms. The minimum Gasteiger partial charge on any atom is -0.338 e. The third kappa shape index (κ3) is 2.81. The molecule has 2 nitrogen and oxygen atoms in total. The first-order valence-corrected chi connectivity index (χ1v) is 6.98. The lowest BCUT2D eigenvalue weighted by Gasteiger charge is -2.35. The fourth-order valence-electron chi connectivity index (χ4n) is 2.67. The van der Waals surface area contributed by atoms with Crippen LogP contribution >= 0.6 is 23.2 Å². The van der Waals surface area contributed by atoms with Crippen molar-refractivity contribution in [1.29, 1.82) is 0 Å². The first kappa shape index (κ1) is 13.7. The van der Waals surface area contributed by atoms with Gasteiger partial charge < -0.3 is 4.90 Å². The van der Waals surface area contributed by atoms with Crippen molar-refractivity contribution in [3.63, 3.8) is 0 Å². The van der Waals surface area contributed by atoms with Crippen LogP contribution in [0.25, 0.3) is 0 Å². The lowest BCUT2D eigenvalue weighted by molar-refractivity contribution is 0.0623. The summed E-state index contributed by atoms with van der Waals surface area (Å²) in [7, 11) is 0. The Bertz CT molecular complexity index is 451. The highest BCUT2D eigenvalue weighted by molar-refractivity contribution is 6.43. The Balaban J connectivity index is 2.23. The normalized spacial score (nSPS) is 24.1. The van der Waals surface area contributed by atoms with Gasteiger partial charge in [0.1, 0.15) is 0 Å². The van der Waals surface area contributed by atoms with E-state index in [1.54, 1.807) is 18.2 Å². The smallest absolute Gasteiger partial charge is 0.255 e. The molecular weight excluding hydrogens is 269 g/mol. The van der Waals surface area contributed by atoms with Crippen LogP contribution in [0.2, 0.25) is 10.0 Å². The second-order valence-electron chi connectivity index (χ2n) is 5.26. The van der Waals surface area contributed by atoms with Gasteiger partial charge in [-0.1, -0.05) is 43.1 Å². The number of nitrogens with zero attached hydrogens (tertiary/aromatic N) is 1. The minimum atomic E-state index is -0.0131. The molecule has 0 unspecified atom stereocenters. The number of carbonyl (C=O) groups is 1. The van der Waals surface area contributed by atoms with E-state index in [2.05, 4.69) is 13.8 Å². The molecule has 1 aliphatic rings. The van der Waals surface area contributed by atoms with E-state index in [1.165, 1.54) is 6.42 Å². The molecule has 1 aromatic carbocycles. The maximum atomic E-state index is 12.4. The zero-order valence-corrected chi connectivity index (χ0v) is 12.1. The van der Waals surface area contributed by atoms with E-state index in [0.717, 1.165) is 13.1 Å². The van der Waals surface area contributed by atoms with E-state index in [9.17, 15) is 4.79 Å². The van der Waals surface area contributed by atoms with Crippen LogP contribution in [0.5, 0.6) is 0 Å². The molecule has 1 fully saturated rings. The van der Waals surface area contributed by atoms with Crippen molar-refractivity contribution in [3.8, 4) is 0 Å². The number of likely N-dealkylation sites (tertiary alicyclic amines) is 1. The number of benzene rings is 1. The lowest BCUT2D eigenvalue weighted by atomic mass is 9.91. The highest BCUT2D eigenvalue weighted by Crippen LogP contribution is 2.28. The molecule has 98 valence electrons. The molecule has 0 saturated carbocycles. The van der Waals surface area contributed by atoms with Crippen molar-refractivity contribution in [3.05, 3.63) is 33.8 Å². The molecule has 1 aromatic rings. The molecule has 0 bridgehead atoms. The van der Waals surface area contributed by atoms with Crippen LogP contribution in [0.15, 0.2) is 18.2 Å². The summed E-state index contributed by atoms with van der Waals surface area (Å²) >= 11 is 12.1. The van der Waals surface area contributed by atoms with Crippen LogP contribution < -0.4 is 0 Å². The van der Waals surface area contributed by atoms with Gasteiger partial charge in [-0.2, -0.15) is 0 Å². The molecule has 0 N–H and O–H groups in total. The Morgan fingerprint density at radius 2 is 1.83 bits per heavy atom. The van der Waals surface area contributed by atoms with Gasteiger partial charge in [-0.3, -0.25) is 4.79 Å². The second-order valence-corrected chi connectivity index (χ2v) is 6.04. The average molecular weight is 286 g/mol. The van der Waals surface area contributed by atoms with Crippen LogP contribution in [-0.2, 0) is 0 Å². The first-order chi connectivity index (χ1) is 8.49. The van der Waals surface area contributed by atoms with Gasteiger partial charge in [0.15, 0.2) is 0 Å². The van der Waals surface area contributed by atoms with Crippen LogP contribution in [0.3, 0.4) is 0 Å². The number of piperidine rings is 1. The summed E-state index contributed by atoms with van der Waals surface area (Å²) in [5, 5.41) is 0.788. The van der Waals surface area contributed by atoms with Crippen molar-refractivity contribution in [2.45, 2.75) is 20.3 Å². The zero-order valence-electron chi connectivity index (χ0n) is 10.6. The van der Waals surface area contributed by atoms with Gasteiger partial charge in [0.25, 0.3) is 5.91 Å². The van der Waals surface area contributed by atoms with E-state index in [-0.39, 0.29) is 5.91 Å². The molecule has 18 heavy (non-hydrogen) atoms. The summed E-state index contributed by atoms with van der Waals surface area (Å²) in [5.74, 6) is 1.06. The molecule has 4 heteroatoms. The maximum Gasteiger partial charge on any atom is 0.255 e. The van der Waals surface area contributed by atoms with Crippen LogP contribution in [-0.4, -0.2) is 23.9 Å². The third-order valence-electron chi connectivity index (χ3n) is 3.34. The molecule has 1 aliphatic heterocycles. The van der Waals surface area contributed by atoms with E-state index >= 15 is 0 Å². The molecule has 2 rings (SSSR count). The lowest BCUT2D eigenvalue weighted by Crippen LogP contribution is -2.42. The fraction of sp³-hybridized carbons (Fsp3) is 0.500.